The third kappa shape index (κ3) is 2.79. The molecule has 1 rings (SSSR count). The van der Waals surface area contributed by atoms with Gasteiger partial charge in [-0.05, 0) is 6.92 Å². The van der Waals surface area contributed by atoms with Crippen LogP contribution < -0.4 is 4.72 Å². The average molecular weight is 282 g/mol. The van der Waals surface area contributed by atoms with Gasteiger partial charge in [0, 0.05) is 24.6 Å². The Labute approximate surface area is 91.7 Å². The molecular weight excluding hydrogens is 270 g/mol. The van der Waals surface area contributed by atoms with Crippen molar-refractivity contribution >= 4 is 26.0 Å². The second-order valence-corrected chi connectivity index (χ2v) is 5.14. The number of sulfonamides is 1. The lowest BCUT2D eigenvalue weighted by Crippen LogP contribution is -2.25. The first-order chi connectivity index (χ1) is 6.60. The molecule has 1 aromatic rings. The number of imidazole rings is 1. The second kappa shape index (κ2) is 4.90. The smallest absolute Gasteiger partial charge is 0.259 e. The molecule has 5 nitrogen and oxygen atoms in total. The highest BCUT2D eigenvalue weighted by atomic mass is 79.9. The van der Waals surface area contributed by atoms with Crippen LogP contribution in [-0.2, 0) is 16.6 Å². The van der Waals surface area contributed by atoms with Crippen LogP contribution in [0.5, 0.6) is 0 Å². The molecule has 0 aliphatic rings. The number of alkyl halides is 1. The molecule has 7 heteroatoms. The Balaban J connectivity index is 2.81. The molecule has 14 heavy (non-hydrogen) atoms. The summed E-state index contributed by atoms with van der Waals surface area (Å²) in [5, 5.41) is 0.654. The van der Waals surface area contributed by atoms with E-state index in [9.17, 15) is 8.42 Å². The maximum absolute atomic E-state index is 11.5. The van der Waals surface area contributed by atoms with Crippen LogP contribution in [0.4, 0.5) is 0 Å². The molecular formula is C7H12BrN3O2S. The van der Waals surface area contributed by atoms with E-state index in [1.165, 1.54) is 12.5 Å². The normalized spacial score (nSPS) is 11.9. The number of aromatic nitrogens is 2. The fourth-order valence-electron chi connectivity index (χ4n) is 0.898. The summed E-state index contributed by atoms with van der Waals surface area (Å²) in [5.41, 5.74) is 0. The van der Waals surface area contributed by atoms with Gasteiger partial charge in [-0.2, -0.15) is 0 Å². The van der Waals surface area contributed by atoms with Gasteiger partial charge in [0.1, 0.15) is 0 Å². The number of hydrogen-bond donors (Lipinski definition) is 1. The Morgan fingerprint density at radius 1 is 1.64 bits per heavy atom. The summed E-state index contributed by atoms with van der Waals surface area (Å²) < 4.78 is 27.1. The summed E-state index contributed by atoms with van der Waals surface area (Å²) in [6, 6.07) is 0. The molecule has 0 aliphatic carbocycles. The molecule has 0 unspecified atom stereocenters. The van der Waals surface area contributed by atoms with Gasteiger partial charge in [-0.25, -0.2) is 18.1 Å². The van der Waals surface area contributed by atoms with Gasteiger partial charge < -0.3 is 4.57 Å². The number of halogens is 1. The minimum atomic E-state index is -3.42. The third-order valence-corrected chi connectivity index (χ3v) is 3.38. The molecule has 80 valence electrons. The first-order valence-corrected chi connectivity index (χ1v) is 6.78. The van der Waals surface area contributed by atoms with Crippen molar-refractivity contribution in [2.75, 3.05) is 11.9 Å². The van der Waals surface area contributed by atoms with Crippen molar-refractivity contribution in [3.8, 4) is 0 Å². The Hall–Kier alpha value is -0.400. The molecule has 0 saturated heterocycles. The Kier molecular flexibility index (Phi) is 4.09. The van der Waals surface area contributed by atoms with E-state index in [1.54, 1.807) is 4.57 Å². The fraction of sp³-hybridized carbons (Fsp3) is 0.571. The van der Waals surface area contributed by atoms with Gasteiger partial charge in [-0.3, -0.25) is 0 Å². The number of nitrogens with zero attached hydrogens (tertiary/aromatic N) is 2. The Bertz CT molecular complexity index is 387. The Morgan fingerprint density at radius 3 is 2.86 bits per heavy atom. The molecule has 1 heterocycles. The van der Waals surface area contributed by atoms with Crippen molar-refractivity contribution in [3.63, 3.8) is 0 Å². The second-order valence-electron chi connectivity index (χ2n) is 2.63. The van der Waals surface area contributed by atoms with E-state index in [1.807, 2.05) is 6.92 Å². The molecule has 0 fully saturated rings. The predicted molar refractivity (Wildman–Crippen MR) is 56.9 cm³/mol. The van der Waals surface area contributed by atoms with E-state index in [2.05, 4.69) is 25.6 Å². The molecule has 1 aromatic heterocycles. The third-order valence-electron chi connectivity index (χ3n) is 1.64. The van der Waals surface area contributed by atoms with E-state index in [-0.39, 0.29) is 5.03 Å². The standard InChI is InChI=1S/C7H12BrN3O2S/c1-2-11-5-7(9-6-11)14(12,13)10-4-3-8/h5-6,10H,2-4H2,1H3. The van der Waals surface area contributed by atoms with Crippen molar-refractivity contribution in [1.82, 2.24) is 14.3 Å². The van der Waals surface area contributed by atoms with Gasteiger partial charge in [0.05, 0.1) is 6.33 Å². The molecule has 0 aliphatic heterocycles. The first-order valence-electron chi connectivity index (χ1n) is 4.17. The minimum Gasteiger partial charge on any atom is -0.336 e. The fourth-order valence-corrected chi connectivity index (χ4v) is 2.34. The van der Waals surface area contributed by atoms with Crippen molar-refractivity contribution in [1.29, 1.82) is 0 Å². The van der Waals surface area contributed by atoms with Crippen molar-refractivity contribution in [3.05, 3.63) is 12.5 Å². The molecule has 0 amide bonds. The maximum Gasteiger partial charge on any atom is 0.259 e. The number of rotatable bonds is 5. The summed E-state index contributed by atoms with van der Waals surface area (Å²) >= 11 is 3.14. The molecule has 0 saturated carbocycles. The van der Waals surface area contributed by atoms with Crippen molar-refractivity contribution < 1.29 is 8.42 Å². The van der Waals surface area contributed by atoms with Crippen LogP contribution in [0.25, 0.3) is 0 Å². The van der Waals surface area contributed by atoms with Crippen molar-refractivity contribution in [2.45, 2.75) is 18.5 Å². The molecule has 0 aromatic carbocycles. The van der Waals surface area contributed by atoms with E-state index < -0.39 is 10.0 Å². The van der Waals surface area contributed by atoms with Crippen LogP contribution in [-0.4, -0.2) is 29.8 Å². The zero-order valence-electron chi connectivity index (χ0n) is 7.77. The SMILES string of the molecule is CCn1cnc(S(=O)(=O)NCCBr)c1. The number of hydrogen-bond acceptors (Lipinski definition) is 3. The van der Waals surface area contributed by atoms with Gasteiger partial charge >= 0.3 is 0 Å². The average Bonchev–Trinajstić information content (AvgIpc) is 2.63. The van der Waals surface area contributed by atoms with E-state index >= 15 is 0 Å². The number of nitrogens with one attached hydrogen (secondary N) is 1. The Morgan fingerprint density at radius 2 is 2.36 bits per heavy atom. The lowest BCUT2D eigenvalue weighted by Gasteiger charge is -2.00. The minimum absolute atomic E-state index is 0.0697. The predicted octanol–water partition coefficient (Wildman–Crippen LogP) is 0.576. The van der Waals surface area contributed by atoms with Crippen LogP contribution >= 0.6 is 15.9 Å². The quantitative estimate of drug-likeness (QED) is 0.803. The lowest BCUT2D eigenvalue weighted by molar-refractivity contribution is 0.581. The van der Waals surface area contributed by atoms with Crippen LogP contribution in [0.15, 0.2) is 17.6 Å². The summed E-state index contributed by atoms with van der Waals surface area (Å²) in [6.07, 6.45) is 3.01. The zero-order valence-corrected chi connectivity index (χ0v) is 10.2. The zero-order chi connectivity index (χ0) is 10.6. The summed E-state index contributed by atoms with van der Waals surface area (Å²) in [4.78, 5) is 3.81. The summed E-state index contributed by atoms with van der Waals surface area (Å²) in [7, 11) is -3.42. The summed E-state index contributed by atoms with van der Waals surface area (Å²) in [6.45, 7) is 2.99. The van der Waals surface area contributed by atoms with Gasteiger partial charge in [0.25, 0.3) is 10.0 Å². The topological polar surface area (TPSA) is 64.0 Å². The van der Waals surface area contributed by atoms with E-state index in [0.29, 0.717) is 18.4 Å². The van der Waals surface area contributed by atoms with Crippen LogP contribution in [0.3, 0.4) is 0 Å². The van der Waals surface area contributed by atoms with E-state index in [4.69, 9.17) is 0 Å². The van der Waals surface area contributed by atoms with Gasteiger partial charge in [-0.15, -0.1) is 0 Å². The molecule has 0 bridgehead atoms. The number of aryl methyl sites for hydroxylation is 1. The first kappa shape index (κ1) is 11.7. The van der Waals surface area contributed by atoms with Crippen LogP contribution in [0, 0.1) is 0 Å². The van der Waals surface area contributed by atoms with Gasteiger partial charge in [-0.1, -0.05) is 15.9 Å². The highest BCUT2D eigenvalue weighted by molar-refractivity contribution is 9.09. The van der Waals surface area contributed by atoms with Gasteiger partial charge in [0.15, 0.2) is 5.03 Å². The van der Waals surface area contributed by atoms with Crippen molar-refractivity contribution in [2.24, 2.45) is 0 Å². The molecule has 1 N–H and O–H groups in total. The molecule has 0 radical (unpaired) electrons. The maximum atomic E-state index is 11.5. The monoisotopic (exact) mass is 281 g/mol. The summed E-state index contributed by atoms with van der Waals surface area (Å²) in [5.74, 6) is 0. The van der Waals surface area contributed by atoms with Crippen LogP contribution in [0.2, 0.25) is 0 Å². The largest absolute Gasteiger partial charge is 0.336 e. The molecule has 0 atom stereocenters. The van der Waals surface area contributed by atoms with Gasteiger partial charge in [0.2, 0.25) is 0 Å². The van der Waals surface area contributed by atoms with Crippen LogP contribution in [0.1, 0.15) is 6.92 Å². The molecule has 0 spiro atoms. The highest BCUT2D eigenvalue weighted by Gasteiger charge is 2.15. The lowest BCUT2D eigenvalue weighted by atomic mass is 10.7. The highest BCUT2D eigenvalue weighted by Crippen LogP contribution is 2.04. The van der Waals surface area contributed by atoms with E-state index in [0.717, 1.165) is 0 Å².